The van der Waals surface area contributed by atoms with Crippen molar-refractivity contribution in [2.75, 3.05) is 6.54 Å². The summed E-state index contributed by atoms with van der Waals surface area (Å²) in [4.78, 5) is 11.3. The molecule has 22 heavy (non-hydrogen) atoms. The highest BCUT2D eigenvalue weighted by atomic mass is 32.2. The Morgan fingerprint density at radius 1 is 1.09 bits per heavy atom. The summed E-state index contributed by atoms with van der Waals surface area (Å²) in [6.45, 7) is 0.404. The van der Waals surface area contributed by atoms with E-state index in [4.69, 9.17) is 0 Å². The van der Waals surface area contributed by atoms with Gasteiger partial charge >= 0.3 is 6.03 Å². The first-order chi connectivity index (χ1) is 10.5. The number of amides is 2. The predicted octanol–water partition coefficient (Wildman–Crippen LogP) is 0.751. The van der Waals surface area contributed by atoms with Gasteiger partial charge in [-0.15, -0.1) is 0 Å². The van der Waals surface area contributed by atoms with E-state index >= 15 is 0 Å². The Kier molecular flexibility index (Phi) is 4.35. The second-order valence-electron chi connectivity index (χ2n) is 5.94. The molecule has 1 saturated heterocycles. The summed E-state index contributed by atoms with van der Waals surface area (Å²) in [6.07, 6.45) is 2.44. The third-order valence-corrected chi connectivity index (χ3v) is 6.35. The highest BCUT2D eigenvalue weighted by Gasteiger charge is 2.41. The number of hydrogen-bond acceptors (Lipinski definition) is 3. The van der Waals surface area contributed by atoms with Gasteiger partial charge in [0, 0.05) is 6.54 Å². The van der Waals surface area contributed by atoms with E-state index in [2.05, 4.69) is 15.4 Å². The molecule has 3 atom stereocenters. The van der Waals surface area contributed by atoms with Crippen LogP contribution in [-0.4, -0.2) is 38.3 Å². The molecule has 0 bridgehead atoms. The number of sulfonamides is 1. The topological polar surface area (TPSA) is 87.3 Å². The Labute approximate surface area is 130 Å². The normalized spacial score (nSPS) is 27.8. The van der Waals surface area contributed by atoms with Crippen LogP contribution in [0.4, 0.5) is 4.79 Å². The predicted molar refractivity (Wildman–Crippen MR) is 84.0 cm³/mol. The van der Waals surface area contributed by atoms with Crippen LogP contribution in [0.5, 0.6) is 0 Å². The highest BCUT2D eigenvalue weighted by molar-refractivity contribution is 7.90. The van der Waals surface area contributed by atoms with Crippen molar-refractivity contribution >= 4 is 16.1 Å². The zero-order chi connectivity index (χ0) is 15.6. The summed E-state index contributed by atoms with van der Waals surface area (Å²) in [5.74, 6) is 0. The van der Waals surface area contributed by atoms with Crippen LogP contribution in [0.2, 0.25) is 0 Å². The molecule has 0 radical (unpaired) electrons. The van der Waals surface area contributed by atoms with Gasteiger partial charge in [0.1, 0.15) is 0 Å². The van der Waals surface area contributed by atoms with Gasteiger partial charge in [0.25, 0.3) is 0 Å². The molecule has 3 unspecified atom stereocenters. The fraction of sp³-hybridized carbons (Fsp3) is 0.533. The zero-order valence-corrected chi connectivity index (χ0v) is 13.1. The minimum Gasteiger partial charge on any atom is -0.333 e. The number of fused-ring (bicyclic) bond motifs is 1. The molecule has 1 aliphatic heterocycles. The number of carbonyl (C=O) groups excluding carboxylic acids is 1. The number of carbonyl (C=O) groups is 1. The van der Waals surface area contributed by atoms with E-state index in [0.717, 1.165) is 5.56 Å². The molecule has 0 aromatic heterocycles. The van der Waals surface area contributed by atoms with Crippen LogP contribution < -0.4 is 15.4 Å². The van der Waals surface area contributed by atoms with Gasteiger partial charge in [-0.25, -0.2) is 17.9 Å². The lowest BCUT2D eigenvalue weighted by Gasteiger charge is -2.30. The molecule has 2 fully saturated rings. The Hall–Kier alpha value is -1.60. The monoisotopic (exact) mass is 323 g/mol. The van der Waals surface area contributed by atoms with Crippen LogP contribution in [0.1, 0.15) is 24.8 Å². The van der Waals surface area contributed by atoms with Crippen LogP contribution >= 0.6 is 0 Å². The van der Waals surface area contributed by atoms with Crippen molar-refractivity contribution < 1.29 is 13.2 Å². The van der Waals surface area contributed by atoms with Crippen molar-refractivity contribution in [2.45, 2.75) is 43.0 Å². The lowest BCUT2D eigenvalue weighted by atomic mass is 9.91. The first kappa shape index (κ1) is 15.3. The molecule has 1 aromatic rings. The molecule has 3 rings (SSSR count). The highest BCUT2D eigenvalue weighted by Crippen LogP contribution is 2.26. The molecular weight excluding hydrogens is 302 g/mol. The Bertz CT molecular complexity index is 633. The van der Waals surface area contributed by atoms with Crippen molar-refractivity contribution in [1.29, 1.82) is 0 Å². The summed E-state index contributed by atoms with van der Waals surface area (Å²) in [6, 6.07) is 9.61. The van der Waals surface area contributed by atoms with Crippen molar-refractivity contribution in [3.05, 3.63) is 35.9 Å². The van der Waals surface area contributed by atoms with E-state index in [-0.39, 0.29) is 18.1 Å². The molecule has 1 saturated carbocycles. The fourth-order valence-corrected chi connectivity index (χ4v) is 4.75. The fourth-order valence-electron chi connectivity index (χ4n) is 3.22. The summed E-state index contributed by atoms with van der Waals surface area (Å²) in [5, 5.41) is 5.20. The second-order valence-corrected chi connectivity index (χ2v) is 7.99. The van der Waals surface area contributed by atoms with Gasteiger partial charge in [-0.1, -0.05) is 30.3 Å². The van der Waals surface area contributed by atoms with E-state index in [9.17, 15) is 13.2 Å². The lowest BCUT2D eigenvalue weighted by Crippen LogP contribution is -2.47. The molecule has 2 amide bonds. The van der Waals surface area contributed by atoms with Crippen molar-refractivity contribution in [1.82, 2.24) is 15.4 Å². The second kappa shape index (κ2) is 6.26. The molecule has 1 heterocycles. The molecule has 0 spiro atoms. The van der Waals surface area contributed by atoms with Gasteiger partial charge < -0.3 is 10.6 Å². The quantitative estimate of drug-likeness (QED) is 0.747. The number of urea groups is 1. The SMILES string of the molecule is O=C1NC2CCC(S(=O)(=O)NCCc3ccccc3)CC2N1. The number of hydrogen-bond donors (Lipinski definition) is 3. The molecule has 120 valence electrons. The third-order valence-electron chi connectivity index (χ3n) is 4.43. The summed E-state index contributed by atoms with van der Waals surface area (Å²) in [5.41, 5.74) is 1.11. The standard InChI is InChI=1S/C15H21N3O3S/c19-15-17-13-7-6-12(10-14(13)18-15)22(20,21)16-9-8-11-4-2-1-3-5-11/h1-5,12-14,16H,6-10H2,(H2,17,18,19). The van der Waals surface area contributed by atoms with Crippen LogP contribution in [0.3, 0.4) is 0 Å². The van der Waals surface area contributed by atoms with E-state index < -0.39 is 15.3 Å². The molecular formula is C15H21N3O3S. The maximum Gasteiger partial charge on any atom is 0.315 e. The average Bonchev–Trinajstić information content (AvgIpc) is 2.87. The van der Waals surface area contributed by atoms with Crippen LogP contribution in [0.15, 0.2) is 30.3 Å². The minimum atomic E-state index is -3.34. The molecule has 2 aliphatic rings. The van der Waals surface area contributed by atoms with E-state index in [1.807, 2.05) is 30.3 Å². The molecule has 1 aliphatic carbocycles. The molecule has 7 heteroatoms. The first-order valence-corrected chi connectivity index (χ1v) is 9.19. The van der Waals surface area contributed by atoms with Gasteiger partial charge in [-0.2, -0.15) is 0 Å². The number of benzene rings is 1. The smallest absolute Gasteiger partial charge is 0.315 e. The Balaban J connectivity index is 1.53. The lowest BCUT2D eigenvalue weighted by molar-refractivity contribution is 0.247. The summed E-state index contributed by atoms with van der Waals surface area (Å²) < 4.78 is 27.5. The van der Waals surface area contributed by atoms with E-state index in [1.165, 1.54) is 0 Å². The average molecular weight is 323 g/mol. The van der Waals surface area contributed by atoms with Gasteiger partial charge in [0.2, 0.25) is 10.0 Å². The maximum atomic E-state index is 12.4. The largest absolute Gasteiger partial charge is 0.333 e. The van der Waals surface area contributed by atoms with Crippen LogP contribution in [-0.2, 0) is 16.4 Å². The Morgan fingerprint density at radius 3 is 2.59 bits per heavy atom. The Morgan fingerprint density at radius 2 is 1.82 bits per heavy atom. The number of rotatable bonds is 5. The van der Waals surface area contributed by atoms with E-state index in [0.29, 0.717) is 32.2 Å². The van der Waals surface area contributed by atoms with Crippen LogP contribution in [0.25, 0.3) is 0 Å². The van der Waals surface area contributed by atoms with Gasteiger partial charge in [-0.3, -0.25) is 0 Å². The summed E-state index contributed by atoms with van der Waals surface area (Å²) in [7, 11) is -3.34. The summed E-state index contributed by atoms with van der Waals surface area (Å²) >= 11 is 0. The van der Waals surface area contributed by atoms with E-state index in [1.54, 1.807) is 0 Å². The van der Waals surface area contributed by atoms with Gasteiger partial charge in [0.15, 0.2) is 0 Å². The molecule has 6 nitrogen and oxygen atoms in total. The van der Waals surface area contributed by atoms with Crippen molar-refractivity contribution in [3.63, 3.8) is 0 Å². The minimum absolute atomic E-state index is 0.0723. The zero-order valence-electron chi connectivity index (χ0n) is 12.3. The molecule has 3 N–H and O–H groups in total. The van der Waals surface area contributed by atoms with Crippen LogP contribution in [0, 0.1) is 0 Å². The van der Waals surface area contributed by atoms with Crippen molar-refractivity contribution in [3.8, 4) is 0 Å². The maximum absolute atomic E-state index is 12.4. The van der Waals surface area contributed by atoms with Gasteiger partial charge in [0.05, 0.1) is 17.3 Å². The van der Waals surface area contributed by atoms with Gasteiger partial charge in [-0.05, 0) is 31.2 Å². The molecule has 1 aromatic carbocycles. The third kappa shape index (κ3) is 3.41. The van der Waals surface area contributed by atoms with Crippen molar-refractivity contribution in [2.24, 2.45) is 0 Å². The first-order valence-electron chi connectivity index (χ1n) is 7.64. The number of nitrogens with one attached hydrogen (secondary N) is 3.